The van der Waals surface area contributed by atoms with Gasteiger partial charge in [0.05, 0.1) is 29.8 Å². The van der Waals surface area contributed by atoms with E-state index in [4.69, 9.17) is 9.47 Å². The predicted molar refractivity (Wildman–Crippen MR) is 115 cm³/mol. The van der Waals surface area contributed by atoms with E-state index in [0.29, 0.717) is 19.4 Å². The second kappa shape index (κ2) is 9.71. The second-order valence-corrected chi connectivity index (χ2v) is 8.53. The first-order valence-corrected chi connectivity index (χ1v) is 10.8. The Hall–Kier alpha value is -2.38. The van der Waals surface area contributed by atoms with Gasteiger partial charge in [0.15, 0.2) is 0 Å². The molecule has 5 nitrogen and oxygen atoms in total. The molecule has 1 N–H and O–H groups in total. The number of aryl methyl sites for hydroxylation is 2. The molecular weight excluding hydrogens is 392 g/mol. The lowest BCUT2D eigenvalue weighted by atomic mass is 10.1. The molecule has 0 radical (unpaired) electrons. The van der Waals surface area contributed by atoms with Crippen molar-refractivity contribution in [1.82, 2.24) is 10.3 Å². The Bertz CT molecular complexity index is 933. The van der Waals surface area contributed by atoms with Crippen LogP contribution in [0.15, 0.2) is 35.7 Å². The fourth-order valence-electron chi connectivity index (χ4n) is 2.87. The molecule has 1 amide bonds. The van der Waals surface area contributed by atoms with Crippen molar-refractivity contribution in [2.75, 3.05) is 20.8 Å². The van der Waals surface area contributed by atoms with Gasteiger partial charge in [-0.3, -0.25) is 4.79 Å². The van der Waals surface area contributed by atoms with Gasteiger partial charge in [-0.15, -0.1) is 22.7 Å². The molecule has 0 saturated heterocycles. The van der Waals surface area contributed by atoms with Crippen LogP contribution < -0.4 is 14.8 Å². The van der Waals surface area contributed by atoms with E-state index in [1.54, 1.807) is 36.9 Å². The maximum Gasteiger partial charge on any atom is 0.220 e. The Morgan fingerprint density at radius 1 is 1.14 bits per heavy atom. The number of thiazole rings is 1. The minimum atomic E-state index is 0.0387. The SMILES string of the molecule is COc1ccc(OC)c(CCC(=O)NCCc2ccc(-c3csc(C)n3)s2)c1. The number of thiophene rings is 1. The van der Waals surface area contributed by atoms with Crippen LogP contribution in [-0.4, -0.2) is 31.7 Å². The number of nitrogens with zero attached hydrogens (tertiary/aromatic N) is 1. The maximum absolute atomic E-state index is 12.2. The van der Waals surface area contributed by atoms with Gasteiger partial charge in [-0.1, -0.05) is 0 Å². The van der Waals surface area contributed by atoms with Gasteiger partial charge in [-0.05, 0) is 55.7 Å². The Morgan fingerprint density at radius 2 is 2.00 bits per heavy atom. The zero-order chi connectivity index (χ0) is 19.9. The minimum absolute atomic E-state index is 0.0387. The van der Waals surface area contributed by atoms with Crippen LogP contribution in [0.4, 0.5) is 0 Å². The van der Waals surface area contributed by atoms with Gasteiger partial charge in [-0.2, -0.15) is 0 Å². The van der Waals surface area contributed by atoms with Gasteiger partial charge in [0.2, 0.25) is 5.91 Å². The van der Waals surface area contributed by atoms with E-state index in [-0.39, 0.29) is 5.91 Å². The summed E-state index contributed by atoms with van der Waals surface area (Å²) < 4.78 is 10.6. The topological polar surface area (TPSA) is 60.5 Å². The number of hydrogen-bond acceptors (Lipinski definition) is 6. The highest BCUT2D eigenvalue weighted by molar-refractivity contribution is 7.16. The molecule has 0 atom stereocenters. The number of aromatic nitrogens is 1. The minimum Gasteiger partial charge on any atom is -0.497 e. The van der Waals surface area contributed by atoms with E-state index >= 15 is 0 Å². The van der Waals surface area contributed by atoms with E-state index in [0.717, 1.165) is 34.2 Å². The third-order valence-corrected chi connectivity index (χ3v) is 6.28. The predicted octanol–water partition coefficient (Wildman–Crippen LogP) is 4.49. The molecule has 0 saturated carbocycles. The number of rotatable bonds is 9. The number of hydrogen-bond donors (Lipinski definition) is 1. The van der Waals surface area contributed by atoms with E-state index in [2.05, 4.69) is 27.8 Å². The zero-order valence-corrected chi connectivity index (χ0v) is 17.9. The van der Waals surface area contributed by atoms with Crippen LogP contribution in [0.2, 0.25) is 0 Å². The van der Waals surface area contributed by atoms with Crippen LogP contribution >= 0.6 is 22.7 Å². The van der Waals surface area contributed by atoms with Crippen molar-refractivity contribution in [3.63, 3.8) is 0 Å². The Labute approximate surface area is 173 Å². The number of carbonyl (C=O) groups is 1. The number of carbonyl (C=O) groups excluding carboxylic acids is 1. The van der Waals surface area contributed by atoms with Gasteiger partial charge in [0.25, 0.3) is 0 Å². The summed E-state index contributed by atoms with van der Waals surface area (Å²) in [6, 6.07) is 9.85. The van der Waals surface area contributed by atoms with Gasteiger partial charge in [0.1, 0.15) is 11.5 Å². The van der Waals surface area contributed by atoms with E-state index in [1.165, 1.54) is 9.75 Å². The lowest BCUT2D eigenvalue weighted by molar-refractivity contribution is -0.121. The molecule has 148 valence electrons. The summed E-state index contributed by atoms with van der Waals surface area (Å²) in [4.78, 5) is 19.1. The average Bonchev–Trinajstić information content (AvgIpc) is 3.35. The van der Waals surface area contributed by atoms with E-state index in [9.17, 15) is 4.79 Å². The third kappa shape index (κ3) is 5.33. The number of benzene rings is 1. The Morgan fingerprint density at radius 3 is 2.71 bits per heavy atom. The van der Waals surface area contributed by atoms with Crippen molar-refractivity contribution < 1.29 is 14.3 Å². The molecule has 0 unspecified atom stereocenters. The molecule has 0 aliphatic heterocycles. The lowest BCUT2D eigenvalue weighted by Crippen LogP contribution is -2.25. The Kier molecular flexibility index (Phi) is 7.06. The van der Waals surface area contributed by atoms with Crippen LogP contribution in [0.5, 0.6) is 11.5 Å². The van der Waals surface area contributed by atoms with Crippen LogP contribution in [0.1, 0.15) is 21.9 Å². The number of methoxy groups -OCH3 is 2. The molecule has 0 aliphatic carbocycles. The molecule has 1 aromatic carbocycles. The summed E-state index contributed by atoms with van der Waals surface area (Å²) in [5.74, 6) is 1.58. The van der Waals surface area contributed by atoms with Crippen molar-refractivity contribution in [3.05, 3.63) is 51.2 Å². The second-order valence-electron chi connectivity index (χ2n) is 6.30. The smallest absolute Gasteiger partial charge is 0.220 e. The monoisotopic (exact) mass is 416 g/mol. The van der Waals surface area contributed by atoms with Crippen LogP contribution in [0, 0.1) is 6.92 Å². The molecule has 0 fully saturated rings. The molecule has 0 aliphatic rings. The quantitative estimate of drug-likeness (QED) is 0.558. The molecule has 28 heavy (non-hydrogen) atoms. The van der Waals surface area contributed by atoms with Crippen LogP contribution in [0.25, 0.3) is 10.6 Å². The fraction of sp³-hybridized carbons (Fsp3) is 0.333. The van der Waals surface area contributed by atoms with Crippen molar-refractivity contribution in [1.29, 1.82) is 0 Å². The summed E-state index contributed by atoms with van der Waals surface area (Å²) in [6.45, 7) is 2.64. The molecule has 3 rings (SSSR count). The first-order chi connectivity index (χ1) is 13.6. The van der Waals surface area contributed by atoms with Crippen molar-refractivity contribution in [2.24, 2.45) is 0 Å². The first kappa shape index (κ1) is 20.4. The molecule has 2 aromatic heterocycles. The highest BCUT2D eigenvalue weighted by Gasteiger charge is 2.09. The summed E-state index contributed by atoms with van der Waals surface area (Å²) in [6.07, 6.45) is 1.85. The largest absolute Gasteiger partial charge is 0.497 e. The Balaban J connectivity index is 1.46. The van der Waals surface area contributed by atoms with Gasteiger partial charge >= 0.3 is 0 Å². The number of ether oxygens (including phenoxy) is 2. The molecule has 0 bridgehead atoms. The first-order valence-electron chi connectivity index (χ1n) is 9.08. The molecule has 2 heterocycles. The summed E-state index contributed by atoms with van der Waals surface area (Å²) >= 11 is 3.39. The van der Waals surface area contributed by atoms with Crippen molar-refractivity contribution in [3.8, 4) is 22.1 Å². The average molecular weight is 417 g/mol. The normalized spacial score (nSPS) is 10.7. The zero-order valence-electron chi connectivity index (χ0n) is 16.3. The summed E-state index contributed by atoms with van der Waals surface area (Å²) in [7, 11) is 3.26. The highest BCUT2D eigenvalue weighted by atomic mass is 32.1. The summed E-state index contributed by atoms with van der Waals surface area (Å²) in [5.41, 5.74) is 2.01. The van der Waals surface area contributed by atoms with Crippen LogP contribution in [-0.2, 0) is 17.6 Å². The standard InChI is InChI=1S/C21H24N2O3S2/c1-14-23-18(13-27-14)20-8-6-17(28-20)10-11-22-21(24)9-4-15-12-16(25-2)5-7-19(15)26-3/h5-8,12-13H,4,9-11H2,1-3H3,(H,22,24). The van der Waals surface area contributed by atoms with E-state index in [1.807, 2.05) is 25.1 Å². The highest BCUT2D eigenvalue weighted by Crippen LogP contribution is 2.29. The van der Waals surface area contributed by atoms with Gasteiger partial charge in [0, 0.05) is 23.2 Å². The van der Waals surface area contributed by atoms with E-state index < -0.39 is 0 Å². The molecular formula is C21H24N2O3S2. The maximum atomic E-state index is 12.2. The van der Waals surface area contributed by atoms with Gasteiger partial charge < -0.3 is 14.8 Å². The molecule has 7 heteroatoms. The lowest BCUT2D eigenvalue weighted by Gasteiger charge is -2.10. The summed E-state index contributed by atoms with van der Waals surface area (Å²) in [5, 5.41) is 6.16. The number of nitrogens with one attached hydrogen (secondary N) is 1. The van der Waals surface area contributed by atoms with Crippen LogP contribution in [0.3, 0.4) is 0 Å². The molecule has 0 spiro atoms. The molecule has 3 aromatic rings. The van der Waals surface area contributed by atoms with Gasteiger partial charge in [-0.25, -0.2) is 4.98 Å². The number of amides is 1. The van der Waals surface area contributed by atoms with Crippen molar-refractivity contribution >= 4 is 28.6 Å². The third-order valence-electron chi connectivity index (χ3n) is 4.34. The fourth-order valence-corrected chi connectivity index (χ4v) is 4.52. The van der Waals surface area contributed by atoms with Crippen molar-refractivity contribution in [2.45, 2.75) is 26.2 Å².